The molecule has 208 valence electrons. The summed E-state index contributed by atoms with van der Waals surface area (Å²) in [6.07, 6.45) is 0. The normalized spacial score (nSPS) is 19.5. The van der Waals surface area contributed by atoms with Crippen molar-refractivity contribution < 1.29 is 23.9 Å². The number of rotatable bonds is 7. The lowest BCUT2D eigenvalue weighted by Crippen LogP contribution is -2.32. The van der Waals surface area contributed by atoms with Crippen LogP contribution in [0.15, 0.2) is 82.6 Å². The Morgan fingerprint density at radius 3 is 2.49 bits per heavy atom. The van der Waals surface area contributed by atoms with Crippen LogP contribution in [0.3, 0.4) is 0 Å². The van der Waals surface area contributed by atoms with Gasteiger partial charge < -0.3 is 19.8 Å². The summed E-state index contributed by atoms with van der Waals surface area (Å²) in [5.41, 5.74) is 2.85. The highest BCUT2D eigenvalue weighted by molar-refractivity contribution is 8.00. The van der Waals surface area contributed by atoms with Crippen LogP contribution in [-0.2, 0) is 14.4 Å². The van der Waals surface area contributed by atoms with Crippen molar-refractivity contribution in [3.63, 3.8) is 0 Å². The number of thiazole rings is 1. The Bertz CT molecular complexity index is 1720. The summed E-state index contributed by atoms with van der Waals surface area (Å²) >= 11 is 2.26. The van der Waals surface area contributed by atoms with Gasteiger partial charge in [0.05, 0.1) is 23.7 Å². The van der Waals surface area contributed by atoms with E-state index in [1.54, 1.807) is 42.5 Å². The molecule has 0 unspecified atom stereocenters. The zero-order valence-electron chi connectivity index (χ0n) is 22.1. The number of aromatic nitrogens is 1. The first-order valence-corrected chi connectivity index (χ1v) is 14.5. The standard InChI is InChI=1S/C30H25N3O6S2/c1-16-8-6-7-11-19(16)31-22(34)15-39-20-13-12-17(14-21(20)38-2)23-24-26(40-27-25(23)41-30(37)32-27)29(36)33(28(24)35)18-9-4-3-5-10-18/h3-14,23-24,26H,15H2,1-2H3,(H,31,34)(H,32,37)/t23-,24-,26+/m0/s1. The number of aromatic amines is 1. The number of carbonyl (C=O) groups is 3. The minimum atomic E-state index is -0.719. The molecular weight excluding hydrogens is 562 g/mol. The van der Waals surface area contributed by atoms with Crippen LogP contribution in [0.5, 0.6) is 11.5 Å². The van der Waals surface area contributed by atoms with Gasteiger partial charge in [-0.1, -0.05) is 65.6 Å². The second kappa shape index (κ2) is 10.9. The van der Waals surface area contributed by atoms with Crippen molar-refractivity contribution in [1.82, 2.24) is 4.98 Å². The first-order chi connectivity index (χ1) is 19.9. The lowest BCUT2D eigenvalue weighted by atomic mass is 9.83. The Hall–Kier alpha value is -4.35. The predicted molar refractivity (Wildman–Crippen MR) is 157 cm³/mol. The van der Waals surface area contributed by atoms with Crippen LogP contribution < -0.4 is 24.6 Å². The van der Waals surface area contributed by atoms with Gasteiger partial charge in [-0.15, -0.1) is 0 Å². The number of carbonyl (C=O) groups excluding carboxylic acids is 3. The highest BCUT2D eigenvalue weighted by atomic mass is 32.2. The van der Waals surface area contributed by atoms with Crippen LogP contribution in [0.1, 0.15) is 21.9 Å². The number of thioether (sulfide) groups is 1. The van der Waals surface area contributed by atoms with Crippen LogP contribution in [0.25, 0.3) is 0 Å². The zero-order valence-corrected chi connectivity index (χ0v) is 23.7. The number of benzene rings is 3. The number of para-hydroxylation sites is 2. The number of nitrogens with one attached hydrogen (secondary N) is 2. The van der Waals surface area contributed by atoms with E-state index >= 15 is 0 Å². The van der Waals surface area contributed by atoms with Gasteiger partial charge in [0, 0.05) is 16.5 Å². The van der Waals surface area contributed by atoms with E-state index in [1.165, 1.54) is 23.8 Å². The van der Waals surface area contributed by atoms with E-state index < -0.39 is 17.1 Å². The molecule has 0 aliphatic carbocycles. The molecular formula is C30H25N3O6S2. The van der Waals surface area contributed by atoms with Crippen LogP contribution in [0.2, 0.25) is 0 Å². The smallest absolute Gasteiger partial charge is 0.305 e. The fraction of sp³-hybridized carbons (Fsp3) is 0.200. The monoisotopic (exact) mass is 587 g/mol. The minimum Gasteiger partial charge on any atom is -0.493 e. The number of fused-ring (bicyclic) bond motifs is 2. The number of amides is 3. The van der Waals surface area contributed by atoms with E-state index in [9.17, 15) is 19.2 Å². The van der Waals surface area contributed by atoms with E-state index in [2.05, 4.69) is 10.3 Å². The lowest BCUT2D eigenvalue weighted by molar-refractivity contribution is -0.122. The highest BCUT2D eigenvalue weighted by Crippen LogP contribution is 2.53. The molecule has 0 saturated carbocycles. The van der Waals surface area contributed by atoms with Gasteiger partial charge in [-0.2, -0.15) is 0 Å². The van der Waals surface area contributed by atoms with Crippen LogP contribution in [-0.4, -0.2) is 41.7 Å². The molecule has 41 heavy (non-hydrogen) atoms. The Labute approximate surface area is 243 Å². The van der Waals surface area contributed by atoms with Gasteiger partial charge >= 0.3 is 4.87 Å². The fourth-order valence-corrected chi connectivity index (χ4v) is 7.76. The number of hydrogen-bond donors (Lipinski definition) is 2. The molecule has 1 saturated heterocycles. The summed E-state index contributed by atoms with van der Waals surface area (Å²) in [6, 6.07) is 21.5. The van der Waals surface area contributed by atoms with Crippen molar-refractivity contribution in [1.29, 1.82) is 0 Å². The Morgan fingerprint density at radius 1 is 0.976 bits per heavy atom. The number of hydrogen-bond acceptors (Lipinski definition) is 8. The fourth-order valence-electron chi connectivity index (χ4n) is 5.25. The van der Waals surface area contributed by atoms with Crippen LogP contribution >= 0.6 is 23.1 Å². The largest absolute Gasteiger partial charge is 0.493 e. The number of ether oxygens (including phenoxy) is 2. The maximum Gasteiger partial charge on any atom is 0.305 e. The van der Waals surface area contributed by atoms with Crippen molar-refractivity contribution in [2.24, 2.45) is 5.92 Å². The molecule has 11 heteroatoms. The van der Waals surface area contributed by atoms with Crippen molar-refractivity contribution >= 4 is 52.2 Å². The Balaban J connectivity index is 1.30. The number of imide groups is 1. The number of nitrogens with zero attached hydrogens (tertiary/aromatic N) is 1. The first-order valence-electron chi connectivity index (χ1n) is 12.8. The van der Waals surface area contributed by atoms with Gasteiger partial charge in [0.25, 0.3) is 5.91 Å². The molecule has 3 atom stereocenters. The second-order valence-electron chi connectivity index (χ2n) is 9.66. The van der Waals surface area contributed by atoms with E-state index in [1.807, 2.05) is 37.3 Å². The third kappa shape index (κ3) is 4.91. The minimum absolute atomic E-state index is 0.239. The Kier molecular flexibility index (Phi) is 7.14. The first kappa shape index (κ1) is 26.9. The molecule has 4 aromatic rings. The van der Waals surface area contributed by atoms with Crippen LogP contribution in [0.4, 0.5) is 11.4 Å². The summed E-state index contributed by atoms with van der Waals surface area (Å²) in [6.45, 7) is 1.66. The molecule has 0 spiro atoms. The van der Waals surface area contributed by atoms with E-state index in [0.717, 1.165) is 16.9 Å². The molecule has 2 aliphatic heterocycles. The molecule has 1 fully saturated rings. The third-order valence-corrected chi connectivity index (χ3v) is 9.56. The van der Waals surface area contributed by atoms with Gasteiger partial charge in [-0.05, 0) is 48.4 Å². The quantitative estimate of drug-likeness (QED) is 0.304. The van der Waals surface area contributed by atoms with Gasteiger partial charge in [0.2, 0.25) is 11.8 Å². The highest BCUT2D eigenvalue weighted by Gasteiger charge is 2.56. The van der Waals surface area contributed by atoms with Crippen molar-refractivity contribution in [3.8, 4) is 11.5 Å². The molecule has 0 bridgehead atoms. The van der Waals surface area contributed by atoms with Gasteiger partial charge in [-0.25, -0.2) is 4.90 Å². The average Bonchev–Trinajstić information content (AvgIpc) is 3.47. The SMILES string of the molecule is COc1cc([C@@H]2c3sc(=O)[nH]c3S[C@H]3C(=O)N(c4ccccc4)C(=O)[C@@H]23)ccc1OCC(=O)Nc1ccccc1C. The maximum atomic E-state index is 13.8. The van der Waals surface area contributed by atoms with Gasteiger partial charge in [0.1, 0.15) is 5.25 Å². The van der Waals surface area contributed by atoms with E-state index in [4.69, 9.17) is 9.47 Å². The van der Waals surface area contributed by atoms with Crippen molar-refractivity contribution in [2.75, 3.05) is 23.9 Å². The maximum absolute atomic E-state index is 13.8. The molecule has 9 nitrogen and oxygen atoms in total. The van der Waals surface area contributed by atoms with Crippen molar-refractivity contribution in [3.05, 3.63) is 98.5 Å². The summed E-state index contributed by atoms with van der Waals surface area (Å²) in [5.74, 6) is -1.52. The summed E-state index contributed by atoms with van der Waals surface area (Å²) in [5, 5.41) is 2.73. The summed E-state index contributed by atoms with van der Waals surface area (Å²) in [4.78, 5) is 56.8. The zero-order chi connectivity index (χ0) is 28.7. The molecule has 2 N–H and O–H groups in total. The van der Waals surface area contributed by atoms with E-state index in [0.29, 0.717) is 38.3 Å². The van der Waals surface area contributed by atoms with E-state index in [-0.39, 0.29) is 29.2 Å². The third-order valence-electron chi connectivity index (χ3n) is 7.16. The molecule has 2 aliphatic rings. The molecule has 3 amide bonds. The number of aryl methyl sites for hydroxylation is 1. The van der Waals surface area contributed by atoms with Crippen molar-refractivity contribution in [2.45, 2.75) is 23.1 Å². The summed E-state index contributed by atoms with van der Waals surface area (Å²) < 4.78 is 11.4. The average molecular weight is 588 g/mol. The second-order valence-corrected chi connectivity index (χ2v) is 11.8. The van der Waals surface area contributed by atoms with Gasteiger partial charge in [0.15, 0.2) is 18.1 Å². The van der Waals surface area contributed by atoms with Gasteiger partial charge in [-0.3, -0.25) is 19.2 Å². The topological polar surface area (TPSA) is 118 Å². The molecule has 1 aromatic heterocycles. The molecule has 0 radical (unpaired) electrons. The lowest BCUT2D eigenvalue weighted by Gasteiger charge is -2.30. The number of H-pyrrole nitrogens is 1. The molecule has 3 aromatic carbocycles. The molecule has 6 rings (SSSR count). The Morgan fingerprint density at radius 2 is 1.73 bits per heavy atom. The molecule has 3 heterocycles. The van der Waals surface area contributed by atoms with Crippen LogP contribution in [0, 0.1) is 12.8 Å². The number of anilines is 2. The number of methoxy groups -OCH3 is 1. The summed E-state index contributed by atoms with van der Waals surface area (Å²) in [7, 11) is 1.49. The predicted octanol–water partition coefficient (Wildman–Crippen LogP) is 4.57.